The molecule has 2 aromatic carbocycles. The molecule has 7 nitrogen and oxygen atoms in total. The van der Waals surface area contributed by atoms with Crippen LogP contribution < -0.4 is 9.04 Å². The molecule has 1 aliphatic rings. The second-order valence-electron chi connectivity index (χ2n) is 6.69. The van der Waals surface area contributed by atoms with Gasteiger partial charge in [-0.25, -0.2) is 13.2 Å². The summed E-state index contributed by atoms with van der Waals surface area (Å²) in [4.78, 5) is 24.6. The minimum absolute atomic E-state index is 0.217. The lowest BCUT2D eigenvalue weighted by Gasteiger charge is -2.21. The molecule has 3 rings (SSSR count). The number of carbonyl (C=O) groups excluding carboxylic acids is 2. The Morgan fingerprint density at radius 1 is 1.14 bits per heavy atom. The van der Waals surface area contributed by atoms with E-state index in [9.17, 15) is 18.0 Å². The van der Waals surface area contributed by atoms with Crippen molar-refractivity contribution < 1.29 is 27.5 Å². The molecular formula is C20H21NO6S. The van der Waals surface area contributed by atoms with E-state index in [0.29, 0.717) is 23.4 Å². The fourth-order valence-electron chi connectivity index (χ4n) is 3.33. The van der Waals surface area contributed by atoms with Crippen LogP contribution in [0.25, 0.3) is 0 Å². The molecule has 1 aliphatic heterocycles. The normalized spacial score (nSPS) is 15.8. The van der Waals surface area contributed by atoms with Crippen molar-refractivity contribution >= 4 is 27.5 Å². The van der Waals surface area contributed by atoms with Crippen LogP contribution in [0.15, 0.2) is 42.5 Å². The van der Waals surface area contributed by atoms with Crippen LogP contribution in [0.2, 0.25) is 0 Å². The number of fused-ring (bicyclic) bond motifs is 1. The summed E-state index contributed by atoms with van der Waals surface area (Å²) < 4.78 is 35.5. The summed E-state index contributed by atoms with van der Waals surface area (Å²) in [5, 5.41) is 0. The molecule has 0 fully saturated rings. The number of benzene rings is 2. The number of hydrogen-bond donors (Lipinski definition) is 0. The van der Waals surface area contributed by atoms with Crippen LogP contribution in [0.4, 0.5) is 5.69 Å². The zero-order valence-corrected chi connectivity index (χ0v) is 16.7. The zero-order valence-electron chi connectivity index (χ0n) is 15.8. The van der Waals surface area contributed by atoms with Crippen molar-refractivity contribution in [3.05, 3.63) is 59.2 Å². The number of anilines is 1. The average molecular weight is 403 g/mol. The van der Waals surface area contributed by atoms with Crippen LogP contribution in [0, 0.1) is 0 Å². The summed E-state index contributed by atoms with van der Waals surface area (Å²) in [6.45, 7) is 1.42. The van der Waals surface area contributed by atoms with E-state index in [1.54, 1.807) is 36.4 Å². The van der Waals surface area contributed by atoms with Crippen LogP contribution in [-0.4, -0.2) is 46.2 Å². The number of ether oxygens (including phenoxy) is 2. The number of rotatable bonds is 6. The van der Waals surface area contributed by atoms with E-state index in [1.165, 1.54) is 17.5 Å². The molecule has 148 valence electrons. The standard InChI is InChI=1S/C20H21NO6S/c1-13-9-16-10-15(7-8-18(16)21(13)28(3,24)25)20(23)27-12-19(22)14-5-4-6-17(11-14)26-2/h4-8,10-11,13H,9,12H2,1-3H3/t13-/m0/s1. The molecule has 0 saturated carbocycles. The summed E-state index contributed by atoms with van der Waals surface area (Å²) >= 11 is 0. The van der Waals surface area contributed by atoms with Crippen molar-refractivity contribution in [2.45, 2.75) is 19.4 Å². The Morgan fingerprint density at radius 3 is 2.57 bits per heavy atom. The van der Waals surface area contributed by atoms with Gasteiger partial charge in [0.2, 0.25) is 10.0 Å². The van der Waals surface area contributed by atoms with Gasteiger partial charge in [0.25, 0.3) is 0 Å². The van der Waals surface area contributed by atoms with E-state index in [-0.39, 0.29) is 17.4 Å². The maximum absolute atomic E-state index is 12.3. The lowest BCUT2D eigenvalue weighted by molar-refractivity contribution is 0.0474. The van der Waals surface area contributed by atoms with Gasteiger partial charge >= 0.3 is 5.97 Å². The average Bonchev–Trinajstić information content (AvgIpc) is 3.00. The molecule has 1 atom stereocenters. The topological polar surface area (TPSA) is 90.0 Å². The van der Waals surface area contributed by atoms with Crippen molar-refractivity contribution in [2.24, 2.45) is 0 Å². The fourth-order valence-corrected chi connectivity index (χ4v) is 4.59. The van der Waals surface area contributed by atoms with Gasteiger partial charge in [-0.15, -0.1) is 0 Å². The Kier molecular flexibility index (Phi) is 5.42. The van der Waals surface area contributed by atoms with Crippen LogP contribution >= 0.6 is 0 Å². The van der Waals surface area contributed by atoms with E-state index < -0.39 is 22.6 Å². The number of hydrogen-bond acceptors (Lipinski definition) is 6. The number of methoxy groups -OCH3 is 1. The lowest BCUT2D eigenvalue weighted by atomic mass is 10.1. The van der Waals surface area contributed by atoms with E-state index in [1.807, 2.05) is 6.92 Å². The molecule has 1 heterocycles. The molecule has 8 heteroatoms. The molecule has 0 saturated heterocycles. The van der Waals surface area contributed by atoms with Gasteiger partial charge in [-0.3, -0.25) is 9.10 Å². The molecule has 0 unspecified atom stereocenters. The molecule has 0 N–H and O–H groups in total. The number of ketones is 1. The summed E-state index contributed by atoms with van der Waals surface area (Å²) in [6, 6.07) is 11.1. The quantitative estimate of drug-likeness (QED) is 0.544. The van der Waals surface area contributed by atoms with Gasteiger partial charge in [-0.05, 0) is 49.2 Å². The first-order valence-corrected chi connectivity index (χ1v) is 10.5. The first-order chi connectivity index (χ1) is 13.2. The van der Waals surface area contributed by atoms with Crippen molar-refractivity contribution in [1.29, 1.82) is 0 Å². The Balaban J connectivity index is 1.71. The summed E-state index contributed by atoms with van der Waals surface area (Å²) in [6.07, 6.45) is 1.66. The van der Waals surface area contributed by atoms with Crippen molar-refractivity contribution in [3.8, 4) is 5.75 Å². The molecule has 2 aromatic rings. The number of sulfonamides is 1. The Morgan fingerprint density at radius 2 is 1.89 bits per heavy atom. The predicted molar refractivity (Wildman–Crippen MR) is 105 cm³/mol. The smallest absolute Gasteiger partial charge is 0.338 e. The third-order valence-electron chi connectivity index (χ3n) is 4.55. The Labute approximate surface area is 163 Å². The SMILES string of the molecule is COc1cccc(C(=O)COC(=O)c2ccc3c(c2)C[C@H](C)N3S(C)(=O)=O)c1. The molecule has 28 heavy (non-hydrogen) atoms. The molecule has 0 aliphatic carbocycles. The minimum atomic E-state index is -3.39. The minimum Gasteiger partial charge on any atom is -0.497 e. The highest BCUT2D eigenvalue weighted by Gasteiger charge is 2.33. The second kappa shape index (κ2) is 7.63. The number of Topliss-reactive ketones (excluding diaryl/α,β-unsaturated/α-hetero) is 1. The van der Waals surface area contributed by atoms with E-state index >= 15 is 0 Å². The summed E-state index contributed by atoms with van der Waals surface area (Å²) in [5.41, 5.74) is 1.99. The van der Waals surface area contributed by atoms with Crippen LogP contribution in [0.3, 0.4) is 0 Å². The van der Waals surface area contributed by atoms with E-state index in [4.69, 9.17) is 9.47 Å². The van der Waals surface area contributed by atoms with Crippen LogP contribution in [0.1, 0.15) is 33.2 Å². The Bertz CT molecular complexity index is 1030. The molecule has 0 bridgehead atoms. The van der Waals surface area contributed by atoms with E-state index in [0.717, 1.165) is 11.8 Å². The highest BCUT2D eigenvalue weighted by molar-refractivity contribution is 7.92. The fraction of sp³-hybridized carbons (Fsp3) is 0.300. The third kappa shape index (κ3) is 4.01. The molecular weight excluding hydrogens is 382 g/mol. The van der Waals surface area contributed by atoms with Gasteiger partial charge in [-0.2, -0.15) is 0 Å². The van der Waals surface area contributed by atoms with Crippen LogP contribution in [0.5, 0.6) is 5.75 Å². The lowest BCUT2D eigenvalue weighted by Crippen LogP contribution is -2.34. The Hall–Kier alpha value is -2.87. The van der Waals surface area contributed by atoms with Gasteiger partial charge in [0.1, 0.15) is 5.75 Å². The highest BCUT2D eigenvalue weighted by Crippen LogP contribution is 2.34. The monoisotopic (exact) mass is 403 g/mol. The second-order valence-corrected chi connectivity index (χ2v) is 8.55. The van der Waals surface area contributed by atoms with Gasteiger partial charge < -0.3 is 9.47 Å². The summed E-state index contributed by atoms with van der Waals surface area (Å²) in [7, 11) is -1.89. The first kappa shape index (κ1) is 19.9. The zero-order chi connectivity index (χ0) is 20.5. The maximum Gasteiger partial charge on any atom is 0.338 e. The molecule has 0 radical (unpaired) electrons. The third-order valence-corrected chi connectivity index (χ3v) is 5.82. The molecule has 0 aromatic heterocycles. The van der Waals surface area contributed by atoms with Gasteiger partial charge in [0, 0.05) is 11.6 Å². The maximum atomic E-state index is 12.3. The number of esters is 1. The number of nitrogens with zero attached hydrogens (tertiary/aromatic N) is 1. The summed E-state index contributed by atoms with van der Waals surface area (Å²) in [5.74, 6) is -0.435. The van der Waals surface area contributed by atoms with Gasteiger partial charge in [0.15, 0.2) is 12.4 Å². The first-order valence-electron chi connectivity index (χ1n) is 8.67. The predicted octanol–water partition coefficient (Wildman–Crippen LogP) is 2.45. The van der Waals surface area contributed by atoms with Crippen molar-refractivity contribution in [1.82, 2.24) is 0 Å². The van der Waals surface area contributed by atoms with E-state index in [2.05, 4.69) is 0 Å². The van der Waals surface area contributed by atoms with Crippen molar-refractivity contribution in [2.75, 3.05) is 24.3 Å². The van der Waals surface area contributed by atoms with Crippen LogP contribution in [-0.2, 0) is 21.2 Å². The van der Waals surface area contributed by atoms with Crippen molar-refractivity contribution in [3.63, 3.8) is 0 Å². The largest absolute Gasteiger partial charge is 0.497 e. The number of carbonyl (C=O) groups is 2. The van der Waals surface area contributed by atoms with Gasteiger partial charge in [0.05, 0.1) is 24.6 Å². The van der Waals surface area contributed by atoms with Gasteiger partial charge in [-0.1, -0.05) is 12.1 Å². The molecule has 0 spiro atoms. The molecule has 0 amide bonds. The highest BCUT2D eigenvalue weighted by atomic mass is 32.2.